The van der Waals surface area contributed by atoms with Crippen molar-refractivity contribution in [1.82, 2.24) is 29.6 Å². The van der Waals surface area contributed by atoms with Crippen LogP contribution < -0.4 is 10.1 Å². The molecule has 0 radical (unpaired) electrons. The van der Waals surface area contributed by atoms with Crippen LogP contribution in [0.4, 0.5) is 20.8 Å². The number of aromatic nitrogens is 5. The lowest BCUT2D eigenvalue weighted by Gasteiger charge is -2.34. The van der Waals surface area contributed by atoms with Crippen LogP contribution in [0.2, 0.25) is 0 Å². The predicted molar refractivity (Wildman–Crippen MR) is 137 cm³/mol. The number of carbonyl (C=O) groups is 1. The fraction of sp³-hybridized carbons (Fsp3) is 0.385. The van der Waals surface area contributed by atoms with E-state index >= 15 is 0 Å². The third kappa shape index (κ3) is 5.20. The Morgan fingerprint density at radius 1 is 1.19 bits per heavy atom. The van der Waals surface area contributed by atoms with Crippen LogP contribution in [0, 0.1) is 5.82 Å². The molecule has 10 nitrogen and oxygen atoms in total. The number of rotatable bonds is 5. The lowest BCUT2D eigenvalue weighted by atomic mass is 10.1. The molecule has 4 heterocycles. The number of H-pyrrole nitrogens is 1. The first-order valence-corrected chi connectivity index (χ1v) is 12.2. The van der Waals surface area contributed by atoms with Crippen LogP contribution in [-0.2, 0) is 4.74 Å². The zero-order chi connectivity index (χ0) is 26.2. The second-order valence-corrected chi connectivity index (χ2v) is 9.99. The third-order valence-corrected chi connectivity index (χ3v) is 6.23. The number of likely N-dealkylation sites (tertiary alicyclic amines) is 1. The van der Waals surface area contributed by atoms with E-state index in [1.807, 2.05) is 33.0 Å². The highest BCUT2D eigenvalue weighted by Gasteiger charge is 2.28. The molecule has 0 aliphatic carbocycles. The first-order chi connectivity index (χ1) is 17.7. The average Bonchev–Trinajstić information content (AvgIpc) is 3.49. The van der Waals surface area contributed by atoms with Gasteiger partial charge in [0.1, 0.15) is 22.7 Å². The SMILES string of the molecule is COc1cccc(F)c1-c1cc(Nc2cnc3ccn(C4CCN(C(=O)OC(C)(C)C)CC4)c3n2)n[nH]1. The summed E-state index contributed by atoms with van der Waals surface area (Å²) in [6.45, 7) is 6.83. The number of methoxy groups -OCH3 is 1. The number of aromatic amines is 1. The summed E-state index contributed by atoms with van der Waals surface area (Å²) >= 11 is 0. The van der Waals surface area contributed by atoms with E-state index in [0.717, 1.165) is 24.0 Å². The average molecular weight is 508 g/mol. The van der Waals surface area contributed by atoms with E-state index in [-0.39, 0.29) is 12.1 Å². The summed E-state index contributed by atoms with van der Waals surface area (Å²) in [7, 11) is 1.50. The van der Waals surface area contributed by atoms with Gasteiger partial charge in [0.15, 0.2) is 17.3 Å². The Bertz CT molecular complexity index is 1420. The number of nitrogens with zero attached hydrogens (tertiary/aromatic N) is 5. The maximum atomic E-state index is 14.5. The van der Waals surface area contributed by atoms with Gasteiger partial charge in [-0.15, -0.1) is 0 Å². The molecule has 1 fully saturated rings. The molecule has 5 rings (SSSR count). The van der Waals surface area contributed by atoms with Crippen molar-refractivity contribution >= 4 is 28.9 Å². The van der Waals surface area contributed by atoms with Crippen LogP contribution >= 0.6 is 0 Å². The van der Waals surface area contributed by atoms with Crippen molar-refractivity contribution in [2.24, 2.45) is 0 Å². The maximum Gasteiger partial charge on any atom is 0.410 e. The topological polar surface area (TPSA) is 110 Å². The molecule has 0 saturated carbocycles. The number of amides is 1. The van der Waals surface area contributed by atoms with Gasteiger partial charge in [0.2, 0.25) is 0 Å². The lowest BCUT2D eigenvalue weighted by molar-refractivity contribution is 0.0189. The Balaban J connectivity index is 1.31. The second-order valence-electron chi connectivity index (χ2n) is 9.99. The Labute approximate surface area is 213 Å². The summed E-state index contributed by atoms with van der Waals surface area (Å²) in [5.41, 5.74) is 1.79. The second kappa shape index (κ2) is 9.72. The number of piperidine rings is 1. The van der Waals surface area contributed by atoms with Gasteiger partial charge < -0.3 is 24.3 Å². The van der Waals surface area contributed by atoms with E-state index in [1.165, 1.54) is 13.2 Å². The van der Waals surface area contributed by atoms with E-state index < -0.39 is 11.4 Å². The number of ether oxygens (including phenoxy) is 2. The van der Waals surface area contributed by atoms with Crippen molar-refractivity contribution in [3.05, 3.63) is 48.5 Å². The van der Waals surface area contributed by atoms with E-state index in [9.17, 15) is 9.18 Å². The first kappa shape index (κ1) is 24.5. The maximum absolute atomic E-state index is 14.5. The van der Waals surface area contributed by atoms with Crippen LogP contribution in [0.5, 0.6) is 5.75 Å². The van der Waals surface area contributed by atoms with Crippen molar-refractivity contribution in [3.63, 3.8) is 0 Å². The molecule has 194 valence electrons. The van der Waals surface area contributed by atoms with Crippen LogP contribution in [0.3, 0.4) is 0 Å². The molecule has 0 atom stereocenters. The number of halogens is 1. The molecule has 11 heteroatoms. The molecule has 1 aliphatic heterocycles. The van der Waals surface area contributed by atoms with Crippen molar-refractivity contribution in [2.45, 2.75) is 45.3 Å². The van der Waals surface area contributed by atoms with Gasteiger partial charge in [0, 0.05) is 31.4 Å². The molecule has 0 unspecified atom stereocenters. The number of nitrogens with one attached hydrogen (secondary N) is 2. The fourth-order valence-corrected chi connectivity index (χ4v) is 4.51. The summed E-state index contributed by atoms with van der Waals surface area (Å²) < 4.78 is 27.4. The summed E-state index contributed by atoms with van der Waals surface area (Å²) in [6.07, 6.45) is 4.92. The smallest absolute Gasteiger partial charge is 0.410 e. The zero-order valence-electron chi connectivity index (χ0n) is 21.3. The molecule has 1 aromatic carbocycles. The van der Waals surface area contributed by atoms with Crippen molar-refractivity contribution in [2.75, 3.05) is 25.5 Å². The van der Waals surface area contributed by atoms with E-state index in [0.29, 0.717) is 41.7 Å². The van der Waals surface area contributed by atoms with Gasteiger partial charge in [-0.1, -0.05) is 6.07 Å². The summed E-state index contributed by atoms with van der Waals surface area (Å²) in [4.78, 5) is 23.5. The molecule has 0 bridgehead atoms. The lowest BCUT2D eigenvalue weighted by Crippen LogP contribution is -2.42. The van der Waals surface area contributed by atoms with E-state index in [4.69, 9.17) is 14.5 Å². The van der Waals surface area contributed by atoms with Crippen LogP contribution in [0.25, 0.3) is 22.4 Å². The molecular weight excluding hydrogens is 477 g/mol. The van der Waals surface area contributed by atoms with E-state index in [2.05, 4.69) is 25.1 Å². The predicted octanol–water partition coefficient (Wildman–Crippen LogP) is 5.28. The van der Waals surface area contributed by atoms with Gasteiger partial charge in [-0.05, 0) is 51.8 Å². The molecule has 1 amide bonds. The first-order valence-electron chi connectivity index (χ1n) is 12.2. The molecule has 3 aromatic heterocycles. The number of fused-ring (bicyclic) bond motifs is 1. The standard InChI is InChI=1S/C26H30FN7O3/c1-26(2,3)37-25(35)33-11-8-16(9-12-33)34-13-10-18-24(34)30-22(15-28-18)29-21-14-19(31-32-21)23-17(27)6-5-7-20(23)36-4/h5-7,10,13-16H,8-9,11-12H2,1-4H3,(H2,29,30,31,32). The Kier molecular flexibility index (Phi) is 6.45. The largest absolute Gasteiger partial charge is 0.496 e. The summed E-state index contributed by atoms with van der Waals surface area (Å²) in [6, 6.07) is 8.47. The molecule has 4 aromatic rings. The molecular formula is C26H30FN7O3. The Hall–Kier alpha value is -4.15. The number of hydrogen-bond acceptors (Lipinski definition) is 7. The molecule has 1 saturated heterocycles. The van der Waals surface area contributed by atoms with Gasteiger partial charge >= 0.3 is 6.09 Å². The highest BCUT2D eigenvalue weighted by Crippen LogP contribution is 2.33. The van der Waals surface area contributed by atoms with Crippen molar-refractivity contribution in [3.8, 4) is 17.0 Å². The molecule has 37 heavy (non-hydrogen) atoms. The molecule has 0 spiro atoms. The van der Waals surface area contributed by atoms with Gasteiger partial charge in [0.05, 0.1) is 24.6 Å². The minimum Gasteiger partial charge on any atom is -0.496 e. The summed E-state index contributed by atoms with van der Waals surface area (Å²) in [5, 5.41) is 10.2. The monoisotopic (exact) mass is 507 g/mol. The molecule has 2 N–H and O–H groups in total. The minimum absolute atomic E-state index is 0.186. The van der Waals surface area contributed by atoms with Gasteiger partial charge in [-0.2, -0.15) is 5.10 Å². The molecule has 1 aliphatic rings. The Morgan fingerprint density at radius 3 is 2.70 bits per heavy atom. The van der Waals surface area contributed by atoms with Crippen molar-refractivity contribution in [1.29, 1.82) is 0 Å². The summed E-state index contributed by atoms with van der Waals surface area (Å²) in [5.74, 6) is 0.980. The zero-order valence-corrected chi connectivity index (χ0v) is 21.3. The van der Waals surface area contributed by atoms with Crippen LogP contribution in [0.15, 0.2) is 42.7 Å². The number of hydrogen-bond donors (Lipinski definition) is 2. The van der Waals surface area contributed by atoms with Crippen molar-refractivity contribution < 1.29 is 18.7 Å². The number of benzene rings is 1. The fourth-order valence-electron chi connectivity index (χ4n) is 4.51. The number of anilines is 2. The number of carbonyl (C=O) groups excluding carboxylic acids is 1. The van der Waals surface area contributed by atoms with Gasteiger partial charge in [0.25, 0.3) is 0 Å². The highest BCUT2D eigenvalue weighted by molar-refractivity contribution is 5.75. The van der Waals surface area contributed by atoms with Gasteiger partial charge in [-0.25, -0.2) is 19.2 Å². The third-order valence-electron chi connectivity index (χ3n) is 6.23. The Morgan fingerprint density at radius 2 is 1.97 bits per heavy atom. The quantitative estimate of drug-likeness (QED) is 0.378. The van der Waals surface area contributed by atoms with Gasteiger partial charge in [-0.3, -0.25) is 5.10 Å². The van der Waals surface area contributed by atoms with E-state index in [1.54, 1.807) is 29.3 Å². The highest BCUT2D eigenvalue weighted by atomic mass is 19.1. The van der Waals surface area contributed by atoms with Crippen LogP contribution in [0.1, 0.15) is 39.7 Å². The minimum atomic E-state index is -0.514. The van der Waals surface area contributed by atoms with Crippen LogP contribution in [-0.4, -0.2) is 61.5 Å². The normalized spacial score (nSPS) is 14.7.